The van der Waals surface area contributed by atoms with Crippen molar-refractivity contribution in [1.82, 2.24) is 10.2 Å². The van der Waals surface area contributed by atoms with Crippen LogP contribution in [0.15, 0.2) is 18.2 Å². The summed E-state index contributed by atoms with van der Waals surface area (Å²) in [5, 5.41) is 15.5. The Morgan fingerprint density at radius 1 is 1.24 bits per heavy atom. The minimum Gasteiger partial charge on any atom is -0.481 e. The summed E-state index contributed by atoms with van der Waals surface area (Å²) >= 11 is 0. The summed E-state index contributed by atoms with van der Waals surface area (Å²) in [6.45, 7) is 2.69. The number of carboxylic acids is 1. The van der Waals surface area contributed by atoms with E-state index in [1.165, 1.54) is 6.07 Å². The molecule has 3 rings (SSSR count). The largest absolute Gasteiger partial charge is 0.481 e. The minimum absolute atomic E-state index is 0.198. The molecule has 2 aliphatic rings. The molecule has 156 valence electrons. The highest BCUT2D eigenvalue weighted by atomic mass is 16.4. The van der Waals surface area contributed by atoms with E-state index < -0.39 is 29.7 Å². The number of carboxylic acid groups (broad SMARTS) is 1. The quantitative estimate of drug-likeness (QED) is 0.448. The van der Waals surface area contributed by atoms with Gasteiger partial charge in [0.05, 0.1) is 11.1 Å². The van der Waals surface area contributed by atoms with Gasteiger partial charge in [-0.05, 0) is 56.8 Å². The molecule has 5 N–H and O–H groups in total. The van der Waals surface area contributed by atoms with Crippen LogP contribution in [0.5, 0.6) is 0 Å². The Kier molecular flexibility index (Phi) is 6.48. The molecule has 1 saturated heterocycles. The van der Waals surface area contributed by atoms with Gasteiger partial charge < -0.3 is 21.5 Å². The molecule has 3 amide bonds. The van der Waals surface area contributed by atoms with Crippen molar-refractivity contribution in [2.24, 2.45) is 11.7 Å². The first-order valence-electron chi connectivity index (χ1n) is 9.86. The maximum atomic E-state index is 13.0. The lowest BCUT2D eigenvalue weighted by Crippen LogP contribution is -2.48. The van der Waals surface area contributed by atoms with Crippen molar-refractivity contribution >= 4 is 29.4 Å². The Morgan fingerprint density at radius 3 is 2.62 bits per heavy atom. The van der Waals surface area contributed by atoms with Crippen molar-refractivity contribution < 1.29 is 24.3 Å². The van der Waals surface area contributed by atoms with E-state index in [2.05, 4.69) is 10.6 Å². The maximum absolute atomic E-state index is 13.0. The van der Waals surface area contributed by atoms with Crippen molar-refractivity contribution in [2.45, 2.75) is 38.1 Å². The van der Waals surface area contributed by atoms with Gasteiger partial charge in [0.15, 0.2) is 0 Å². The first-order valence-corrected chi connectivity index (χ1v) is 9.86. The number of nitrogens with two attached hydrogens (primary N) is 1. The number of fused-ring (bicyclic) bond motifs is 1. The van der Waals surface area contributed by atoms with E-state index in [1.54, 1.807) is 12.1 Å². The zero-order valence-corrected chi connectivity index (χ0v) is 16.1. The van der Waals surface area contributed by atoms with Gasteiger partial charge in [0, 0.05) is 18.7 Å². The van der Waals surface area contributed by atoms with Crippen LogP contribution in [0.25, 0.3) is 0 Å². The number of carbonyl (C=O) groups is 4. The lowest BCUT2D eigenvalue weighted by Gasteiger charge is -2.23. The van der Waals surface area contributed by atoms with Crippen molar-refractivity contribution in [3.8, 4) is 0 Å². The molecule has 0 spiro atoms. The zero-order chi connectivity index (χ0) is 21.0. The van der Waals surface area contributed by atoms with Crippen LogP contribution < -0.4 is 16.4 Å². The van der Waals surface area contributed by atoms with Crippen LogP contribution in [0.3, 0.4) is 0 Å². The summed E-state index contributed by atoms with van der Waals surface area (Å²) in [5.41, 5.74) is 6.31. The standard InChI is InChI=1S/C20H26N4O5/c21-18(27)15(4-5-16(25)26)24-19(28)13-2-1-3-14(17(13)20(24)29)23-11-8-12-6-9-22-10-7-12/h1-3,12,15,22-23H,4-11H2,(H2,21,27)(H,25,26). The van der Waals surface area contributed by atoms with Crippen LogP contribution >= 0.6 is 0 Å². The van der Waals surface area contributed by atoms with Gasteiger partial charge in [0.25, 0.3) is 11.8 Å². The molecule has 0 radical (unpaired) electrons. The van der Waals surface area contributed by atoms with Crippen LogP contribution in [-0.4, -0.2) is 59.4 Å². The number of nitrogens with one attached hydrogen (secondary N) is 2. The predicted octanol–water partition coefficient (Wildman–Crippen LogP) is 0.803. The molecular weight excluding hydrogens is 376 g/mol. The predicted molar refractivity (Wildman–Crippen MR) is 105 cm³/mol. The summed E-state index contributed by atoms with van der Waals surface area (Å²) in [6, 6.07) is 3.65. The van der Waals surface area contributed by atoms with Gasteiger partial charge in [-0.3, -0.25) is 24.1 Å². The van der Waals surface area contributed by atoms with Crippen LogP contribution in [0.4, 0.5) is 5.69 Å². The second kappa shape index (κ2) is 9.04. The monoisotopic (exact) mass is 402 g/mol. The molecule has 0 saturated carbocycles. The third kappa shape index (κ3) is 4.56. The van der Waals surface area contributed by atoms with E-state index in [4.69, 9.17) is 10.8 Å². The molecule has 2 heterocycles. The summed E-state index contributed by atoms with van der Waals surface area (Å²) < 4.78 is 0. The molecule has 0 aliphatic carbocycles. The summed E-state index contributed by atoms with van der Waals surface area (Å²) in [5.74, 6) is -2.66. The smallest absolute Gasteiger partial charge is 0.303 e. The summed E-state index contributed by atoms with van der Waals surface area (Å²) in [4.78, 5) is 49.3. The molecule has 1 aromatic carbocycles. The number of anilines is 1. The Balaban J connectivity index is 1.75. The van der Waals surface area contributed by atoms with Crippen LogP contribution in [0.1, 0.15) is 52.8 Å². The summed E-state index contributed by atoms with van der Waals surface area (Å²) in [7, 11) is 0. The average molecular weight is 402 g/mol. The van der Waals surface area contributed by atoms with Gasteiger partial charge in [-0.1, -0.05) is 6.07 Å². The second-order valence-corrected chi connectivity index (χ2v) is 7.47. The van der Waals surface area contributed by atoms with Gasteiger partial charge >= 0.3 is 5.97 Å². The second-order valence-electron chi connectivity index (χ2n) is 7.47. The summed E-state index contributed by atoms with van der Waals surface area (Å²) in [6.07, 6.45) is 2.60. The number of aliphatic carboxylic acids is 1. The molecule has 9 nitrogen and oxygen atoms in total. The number of carbonyl (C=O) groups excluding carboxylic acids is 3. The van der Waals surface area contributed by atoms with E-state index in [0.29, 0.717) is 18.2 Å². The molecule has 1 fully saturated rings. The zero-order valence-electron chi connectivity index (χ0n) is 16.1. The number of primary amides is 1. The highest BCUT2D eigenvalue weighted by Gasteiger charge is 2.43. The molecule has 1 aromatic rings. The van der Waals surface area contributed by atoms with E-state index in [0.717, 1.165) is 37.3 Å². The van der Waals surface area contributed by atoms with Gasteiger partial charge in [-0.25, -0.2) is 0 Å². The Labute approximate surface area is 168 Å². The first-order chi connectivity index (χ1) is 13.9. The van der Waals surface area contributed by atoms with E-state index in [1.807, 2.05) is 0 Å². The average Bonchev–Trinajstić information content (AvgIpc) is 2.94. The minimum atomic E-state index is -1.29. The molecular formula is C20H26N4O5. The maximum Gasteiger partial charge on any atom is 0.303 e. The van der Waals surface area contributed by atoms with Crippen LogP contribution in [-0.2, 0) is 9.59 Å². The van der Waals surface area contributed by atoms with Gasteiger partial charge in [-0.2, -0.15) is 0 Å². The highest BCUT2D eigenvalue weighted by Crippen LogP contribution is 2.32. The third-order valence-corrected chi connectivity index (χ3v) is 5.54. The van der Waals surface area contributed by atoms with Crippen molar-refractivity contribution in [2.75, 3.05) is 25.0 Å². The lowest BCUT2D eigenvalue weighted by molar-refractivity contribution is -0.137. The van der Waals surface area contributed by atoms with Gasteiger partial charge in [-0.15, -0.1) is 0 Å². The van der Waals surface area contributed by atoms with E-state index >= 15 is 0 Å². The van der Waals surface area contributed by atoms with E-state index in [-0.39, 0.29) is 24.0 Å². The Hall–Kier alpha value is -2.94. The Morgan fingerprint density at radius 2 is 1.97 bits per heavy atom. The normalized spacial score (nSPS) is 17.9. The fourth-order valence-corrected chi connectivity index (χ4v) is 3.97. The number of amides is 3. The molecule has 9 heteroatoms. The fraction of sp³-hybridized carbons (Fsp3) is 0.500. The SMILES string of the molecule is NC(=O)C(CCC(=O)O)N1C(=O)c2cccc(NCCC3CCNCC3)c2C1=O. The molecule has 1 atom stereocenters. The van der Waals surface area contributed by atoms with Gasteiger partial charge in [0.1, 0.15) is 6.04 Å². The lowest BCUT2D eigenvalue weighted by atomic mass is 9.94. The van der Waals surface area contributed by atoms with Crippen molar-refractivity contribution in [3.05, 3.63) is 29.3 Å². The molecule has 1 unspecified atom stereocenters. The van der Waals surface area contributed by atoms with E-state index in [9.17, 15) is 19.2 Å². The topological polar surface area (TPSA) is 142 Å². The van der Waals surface area contributed by atoms with Crippen molar-refractivity contribution in [3.63, 3.8) is 0 Å². The fourth-order valence-electron chi connectivity index (χ4n) is 3.97. The Bertz CT molecular complexity index is 819. The number of imide groups is 1. The highest BCUT2D eigenvalue weighted by molar-refractivity contribution is 6.25. The number of rotatable bonds is 9. The van der Waals surface area contributed by atoms with Crippen LogP contribution in [0, 0.1) is 5.92 Å². The number of benzene rings is 1. The third-order valence-electron chi connectivity index (χ3n) is 5.54. The number of hydrogen-bond donors (Lipinski definition) is 4. The molecule has 0 aromatic heterocycles. The molecule has 29 heavy (non-hydrogen) atoms. The number of piperidine rings is 1. The molecule has 2 aliphatic heterocycles. The van der Waals surface area contributed by atoms with Gasteiger partial charge in [0.2, 0.25) is 5.91 Å². The number of hydrogen-bond acceptors (Lipinski definition) is 6. The van der Waals surface area contributed by atoms with Crippen LogP contribution in [0.2, 0.25) is 0 Å². The number of nitrogens with zero attached hydrogens (tertiary/aromatic N) is 1. The first kappa shape index (κ1) is 20.8. The molecule has 0 bridgehead atoms. The van der Waals surface area contributed by atoms with Crippen molar-refractivity contribution in [1.29, 1.82) is 0 Å².